The Morgan fingerprint density at radius 3 is 1.54 bits per heavy atom. The Bertz CT molecular complexity index is 1290. The molecule has 0 aliphatic heterocycles. The predicted molar refractivity (Wildman–Crippen MR) is 157 cm³/mol. The van der Waals surface area contributed by atoms with Crippen LogP contribution in [0.2, 0.25) is 5.02 Å². The van der Waals surface area contributed by atoms with Crippen LogP contribution < -0.4 is 4.90 Å². The zero-order chi connectivity index (χ0) is 26.0. The van der Waals surface area contributed by atoms with Gasteiger partial charge in [-0.2, -0.15) is 0 Å². The largest absolute Gasteiger partial charge is 0.310 e. The van der Waals surface area contributed by atoms with E-state index in [0.29, 0.717) is 10.8 Å². The summed E-state index contributed by atoms with van der Waals surface area (Å²) >= 11 is 6.92. The number of hydrogen-bond acceptors (Lipinski definition) is 1. The van der Waals surface area contributed by atoms with Crippen molar-refractivity contribution in [3.63, 3.8) is 0 Å². The first kappa shape index (κ1) is 23.8. The van der Waals surface area contributed by atoms with Crippen LogP contribution in [0, 0.1) is 23.2 Å². The van der Waals surface area contributed by atoms with Crippen molar-refractivity contribution in [1.82, 2.24) is 0 Å². The first-order valence-corrected chi connectivity index (χ1v) is 14.6. The lowest BCUT2D eigenvalue weighted by atomic mass is 9.12. The molecule has 4 fully saturated rings. The van der Waals surface area contributed by atoms with Crippen molar-refractivity contribution in [2.24, 2.45) is 23.2 Å². The van der Waals surface area contributed by atoms with Crippen LogP contribution in [0.1, 0.15) is 83.9 Å². The van der Waals surface area contributed by atoms with E-state index in [9.17, 15) is 0 Å². The number of anilines is 3. The molecule has 37 heavy (non-hydrogen) atoms. The Labute approximate surface area is 228 Å². The fraction of sp³-hybridized carbons (Fsp3) is 0.486. The van der Waals surface area contributed by atoms with Gasteiger partial charge in [0.15, 0.2) is 0 Å². The Morgan fingerprint density at radius 1 is 0.649 bits per heavy atom. The second-order valence-corrected chi connectivity index (χ2v) is 15.0. The van der Waals surface area contributed by atoms with E-state index in [1.54, 1.807) is 0 Å². The normalized spacial score (nSPS) is 31.2. The predicted octanol–water partition coefficient (Wildman–Crippen LogP) is 10.1. The van der Waals surface area contributed by atoms with Gasteiger partial charge in [-0.1, -0.05) is 77.4 Å². The summed E-state index contributed by atoms with van der Waals surface area (Å²) in [5.74, 6) is 2.95. The van der Waals surface area contributed by atoms with Crippen molar-refractivity contribution in [2.45, 2.75) is 83.5 Å². The Balaban J connectivity index is 1.33. The van der Waals surface area contributed by atoms with Crippen LogP contribution in [-0.2, 0) is 16.2 Å². The molecule has 1 nitrogen and oxygen atoms in total. The minimum atomic E-state index is 0.128. The average Bonchev–Trinajstić information content (AvgIpc) is 2.77. The fourth-order valence-electron chi connectivity index (χ4n) is 9.07. The molecule has 4 aliphatic rings. The van der Waals surface area contributed by atoms with Gasteiger partial charge < -0.3 is 4.90 Å². The van der Waals surface area contributed by atoms with Crippen molar-refractivity contribution in [2.75, 3.05) is 4.90 Å². The highest BCUT2D eigenvalue weighted by molar-refractivity contribution is 6.31. The summed E-state index contributed by atoms with van der Waals surface area (Å²) in [5, 5.41) is 0.864. The molecule has 1 spiro atoms. The number of benzene rings is 3. The summed E-state index contributed by atoms with van der Waals surface area (Å²) in [5.41, 5.74) is 9.04. The lowest BCUT2D eigenvalue weighted by Gasteiger charge is -2.91. The van der Waals surface area contributed by atoms with Crippen molar-refractivity contribution < 1.29 is 0 Å². The first-order valence-electron chi connectivity index (χ1n) is 14.3. The Morgan fingerprint density at radius 2 is 1.14 bits per heavy atom. The van der Waals surface area contributed by atoms with Crippen LogP contribution >= 0.6 is 11.6 Å². The van der Waals surface area contributed by atoms with Crippen LogP contribution in [0.25, 0.3) is 0 Å². The van der Waals surface area contributed by atoms with E-state index in [0.717, 1.165) is 22.8 Å². The molecule has 4 aliphatic carbocycles. The van der Waals surface area contributed by atoms with E-state index in [1.807, 2.05) is 0 Å². The van der Waals surface area contributed by atoms with Crippen molar-refractivity contribution in [3.05, 3.63) is 88.4 Å². The summed E-state index contributed by atoms with van der Waals surface area (Å²) in [7, 11) is 0. The van der Waals surface area contributed by atoms with Gasteiger partial charge >= 0.3 is 0 Å². The van der Waals surface area contributed by atoms with E-state index in [2.05, 4.69) is 113 Å². The molecule has 2 heteroatoms. The van der Waals surface area contributed by atoms with Gasteiger partial charge in [-0.3, -0.25) is 0 Å². The molecule has 2 unspecified atom stereocenters. The smallest absolute Gasteiger partial charge is 0.0479 e. The second kappa shape index (κ2) is 7.44. The highest BCUT2D eigenvalue weighted by Crippen LogP contribution is 2.92. The van der Waals surface area contributed by atoms with E-state index >= 15 is 0 Å². The molecule has 0 heterocycles. The summed E-state index contributed by atoms with van der Waals surface area (Å²) in [6.45, 7) is 13.7. The van der Waals surface area contributed by atoms with Crippen LogP contribution in [0.5, 0.6) is 0 Å². The van der Waals surface area contributed by atoms with Crippen molar-refractivity contribution in [3.8, 4) is 0 Å². The molecule has 0 bridgehead atoms. The number of rotatable bonds is 4. The third-order valence-corrected chi connectivity index (χ3v) is 11.1. The van der Waals surface area contributed by atoms with Gasteiger partial charge in [-0.25, -0.2) is 0 Å². The van der Waals surface area contributed by atoms with Gasteiger partial charge in [0.25, 0.3) is 0 Å². The van der Waals surface area contributed by atoms with E-state index in [-0.39, 0.29) is 10.8 Å². The number of halogens is 1. The van der Waals surface area contributed by atoms with E-state index < -0.39 is 0 Å². The molecule has 0 radical (unpaired) electrons. The van der Waals surface area contributed by atoms with Crippen LogP contribution in [0.15, 0.2) is 66.7 Å². The standard InChI is InChI=1S/C35H40ClN/c1-32(2,3)22-7-11-29(12-8-22)37(30-13-9-23(10-14-30)33(4,5)6)31-18-24(17-28(36)19-31)34-20-26-15-25-16-27(21-34)35(25,26)34/h7-14,17-19,25-27H,15-16,20-21H2,1-6H3. The molecule has 2 atom stereocenters. The molecule has 4 saturated carbocycles. The number of nitrogens with zero attached hydrogens (tertiary/aromatic N) is 1. The molecule has 3 aromatic rings. The maximum absolute atomic E-state index is 6.92. The second-order valence-electron chi connectivity index (χ2n) is 14.6. The summed E-state index contributed by atoms with van der Waals surface area (Å²) in [6.07, 6.45) is 5.72. The quantitative estimate of drug-likeness (QED) is 0.338. The fourth-order valence-corrected chi connectivity index (χ4v) is 9.30. The molecule has 0 N–H and O–H groups in total. The third kappa shape index (κ3) is 3.10. The molecule has 3 aromatic carbocycles. The molecular weight excluding hydrogens is 470 g/mol. The maximum atomic E-state index is 6.92. The van der Waals surface area contributed by atoms with Gasteiger partial charge in [0.05, 0.1) is 0 Å². The lowest BCUT2D eigenvalue weighted by molar-refractivity contribution is -0.395. The van der Waals surface area contributed by atoms with Gasteiger partial charge in [-0.15, -0.1) is 0 Å². The van der Waals surface area contributed by atoms with Crippen LogP contribution in [-0.4, -0.2) is 0 Å². The summed E-state index contributed by atoms with van der Waals surface area (Å²) in [6, 6.07) is 25.2. The van der Waals surface area contributed by atoms with Gasteiger partial charge in [0.1, 0.15) is 0 Å². The molecule has 0 saturated heterocycles. The molecule has 0 aromatic heterocycles. The minimum absolute atomic E-state index is 0.128. The Kier molecular flexibility index (Phi) is 4.79. The van der Waals surface area contributed by atoms with E-state index in [4.69, 9.17) is 11.6 Å². The highest BCUT2D eigenvalue weighted by atomic mass is 35.5. The van der Waals surface area contributed by atoms with Crippen molar-refractivity contribution >= 4 is 28.7 Å². The highest BCUT2D eigenvalue weighted by Gasteiger charge is 2.87. The van der Waals surface area contributed by atoms with Crippen LogP contribution in [0.4, 0.5) is 17.1 Å². The average molecular weight is 510 g/mol. The summed E-state index contributed by atoms with van der Waals surface area (Å²) < 4.78 is 0. The Hall–Kier alpha value is -2.25. The monoisotopic (exact) mass is 509 g/mol. The lowest BCUT2D eigenvalue weighted by Crippen LogP contribution is -2.87. The molecular formula is C35H40ClN. The SMILES string of the molecule is CC(C)(C)c1ccc(N(c2ccc(C(C)(C)C)cc2)c2cc(Cl)cc(C34CC5CC6CC(C3)C654)c2)cc1. The van der Waals surface area contributed by atoms with Gasteiger partial charge in [0, 0.05) is 27.5 Å². The molecule has 0 amide bonds. The minimum Gasteiger partial charge on any atom is -0.310 e. The maximum Gasteiger partial charge on any atom is 0.0479 e. The third-order valence-electron chi connectivity index (χ3n) is 10.9. The van der Waals surface area contributed by atoms with E-state index in [1.165, 1.54) is 59.4 Å². The summed E-state index contributed by atoms with van der Waals surface area (Å²) in [4.78, 5) is 2.41. The van der Waals surface area contributed by atoms with Gasteiger partial charge in [-0.05, 0) is 119 Å². The molecule has 7 rings (SSSR count). The zero-order valence-electron chi connectivity index (χ0n) is 23.2. The first-order chi connectivity index (χ1) is 17.4. The van der Waals surface area contributed by atoms with Gasteiger partial charge in [0.2, 0.25) is 0 Å². The topological polar surface area (TPSA) is 3.24 Å². The zero-order valence-corrected chi connectivity index (χ0v) is 24.0. The van der Waals surface area contributed by atoms with Crippen molar-refractivity contribution in [1.29, 1.82) is 0 Å². The number of hydrogen-bond donors (Lipinski definition) is 0. The molecule has 192 valence electrons. The van der Waals surface area contributed by atoms with Crippen LogP contribution in [0.3, 0.4) is 0 Å².